The summed E-state index contributed by atoms with van der Waals surface area (Å²) in [7, 11) is 2.08. The van der Waals surface area contributed by atoms with Crippen molar-refractivity contribution in [1.29, 1.82) is 5.26 Å². The first-order valence-corrected chi connectivity index (χ1v) is 14.7. The topological polar surface area (TPSA) is 126 Å². The van der Waals surface area contributed by atoms with Gasteiger partial charge in [0.25, 0.3) is 5.91 Å². The smallest absolute Gasteiger partial charge is 0.264 e. The molecular weight excluding hydrogens is 547 g/mol. The molecule has 0 saturated carbocycles. The number of nitriles is 1. The summed E-state index contributed by atoms with van der Waals surface area (Å²) in [6.07, 6.45) is 11.4. The molecule has 2 fully saturated rings. The van der Waals surface area contributed by atoms with Crippen LogP contribution in [0.2, 0.25) is 0 Å². The Balaban J connectivity index is 1.34. The molecule has 1 amide bonds. The number of aromatic nitrogens is 4. The molecule has 0 bridgehead atoms. The number of rotatable bonds is 7. The summed E-state index contributed by atoms with van der Waals surface area (Å²) in [5.74, 6) is 0.573. The first kappa shape index (κ1) is 28.6. The summed E-state index contributed by atoms with van der Waals surface area (Å²) in [5, 5.41) is 15.2. The van der Waals surface area contributed by atoms with Gasteiger partial charge < -0.3 is 20.3 Å². The Morgan fingerprint density at radius 3 is 2.72 bits per heavy atom. The molecule has 4 heterocycles. The Hall–Kier alpha value is -4.56. The summed E-state index contributed by atoms with van der Waals surface area (Å²) >= 11 is 0. The lowest BCUT2D eigenvalue weighted by Gasteiger charge is -2.33. The maximum absolute atomic E-state index is 16.0. The molecule has 6 rings (SSSR count). The van der Waals surface area contributed by atoms with Gasteiger partial charge in [-0.15, -0.1) is 0 Å². The highest BCUT2D eigenvalue weighted by atomic mass is 19.1. The van der Waals surface area contributed by atoms with Gasteiger partial charge in [0.1, 0.15) is 35.2 Å². The minimum atomic E-state index is -1.62. The van der Waals surface area contributed by atoms with Gasteiger partial charge in [0.15, 0.2) is 11.8 Å². The SMILES string of the molecule is CN1CCC(C=C(C#N)C(=O)N2CCC[C@H]2Cn2nc(C3(Oc4ccccc4)C=CC=CC3F)c3c(N)ncnc32)CC1. The number of piperidine rings is 1. The number of anilines is 1. The molecule has 0 radical (unpaired) electrons. The lowest BCUT2D eigenvalue weighted by Crippen LogP contribution is -2.42. The Morgan fingerprint density at radius 1 is 1.19 bits per heavy atom. The van der Waals surface area contributed by atoms with Gasteiger partial charge in [-0.2, -0.15) is 10.4 Å². The second-order valence-electron chi connectivity index (χ2n) is 11.5. The van der Waals surface area contributed by atoms with E-state index in [2.05, 4.69) is 28.0 Å². The maximum atomic E-state index is 16.0. The van der Waals surface area contributed by atoms with Crippen molar-refractivity contribution in [2.24, 2.45) is 5.92 Å². The van der Waals surface area contributed by atoms with Crippen LogP contribution >= 0.6 is 0 Å². The number of nitrogen functional groups attached to an aromatic ring is 1. The van der Waals surface area contributed by atoms with Gasteiger partial charge in [-0.3, -0.25) is 4.79 Å². The number of carbonyl (C=O) groups excluding carboxylic acids is 1. The van der Waals surface area contributed by atoms with Crippen molar-refractivity contribution in [3.63, 3.8) is 0 Å². The Bertz CT molecular complexity index is 1620. The number of allylic oxidation sites excluding steroid dienone is 3. The minimum Gasteiger partial charge on any atom is -0.473 e. The molecule has 11 heteroatoms. The fourth-order valence-electron chi connectivity index (χ4n) is 6.29. The van der Waals surface area contributed by atoms with Gasteiger partial charge in [-0.05, 0) is 76.0 Å². The standard InChI is InChI=1S/C32H35FN8O2/c1-39-16-12-22(13-17-39)18-23(19-34)31(42)40-15-7-8-24(40)20-41-30-27(29(35)36-21-37-30)28(38-41)32(14-6-5-11-26(32)33)43-25-9-3-2-4-10-25/h2-6,9-11,14,18,21-22,24,26H,7-8,12-13,15-17,20H2,1H3,(H2,35,36,37)/t24-,26?,32?/m0/s1. The van der Waals surface area contributed by atoms with E-state index in [0.29, 0.717) is 29.9 Å². The van der Waals surface area contributed by atoms with E-state index in [9.17, 15) is 10.1 Å². The van der Waals surface area contributed by atoms with E-state index in [1.165, 1.54) is 12.4 Å². The average molecular weight is 583 g/mol. The van der Waals surface area contributed by atoms with Crippen LogP contribution in [0.1, 0.15) is 31.4 Å². The maximum Gasteiger partial charge on any atom is 0.264 e. The van der Waals surface area contributed by atoms with Crippen molar-refractivity contribution >= 4 is 22.8 Å². The zero-order valence-electron chi connectivity index (χ0n) is 24.1. The van der Waals surface area contributed by atoms with Crippen molar-refractivity contribution in [3.8, 4) is 11.8 Å². The van der Waals surface area contributed by atoms with Crippen molar-refractivity contribution < 1.29 is 13.9 Å². The summed E-state index contributed by atoms with van der Waals surface area (Å²) in [6.45, 7) is 2.73. The molecule has 2 N–H and O–H groups in total. The lowest BCUT2D eigenvalue weighted by molar-refractivity contribution is -0.127. The van der Waals surface area contributed by atoms with E-state index in [1.807, 2.05) is 24.3 Å². The van der Waals surface area contributed by atoms with Crippen molar-refractivity contribution in [2.75, 3.05) is 32.4 Å². The molecule has 0 spiro atoms. The number of alkyl halides is 1. The Kier molecular flexibility index (Phi) is 7.95. The van der Waals surface area contributed by atoms with Gasteiger partial charge in [0.2, 0.25) is 5.60 Å². The third kappa shape index (κ3) is 5.50. The largest absolute Gasteiger partial charge is 0.473 e. The molecule has 2 aliphatic heterocycles. The monoisotopic (exact) mass is 582 g/mol. The molecule has 2 unspecified atom stereocenters. The van der Waals surface area contributed by atoms with Gasteiger partial charge >= 0.3 is 0 Å². The van der Waals surface area contributed by atoms with Crippen LogP contribution in [0, 0.1) is 17.2 Å². The first-order valence-electron chi connectivity index (χ1n) is 14.7. The zero-order chi connectivity index (χ0) is 30.0. The lowest BCUT2D eigenvalue weighted by atomic mass is 9.88. The number of likely N-dealkylation sites (tertiary alicyclic amines) is 2. The molecule has 1 aromatic carbocycles. The number of ether oxygens (including phenoxy) is 1. The number of amides is 1. The Morgan fingerprint density at radius 2 is 1.98 bits per heavy atom. The zero-order valence-corrected chi connectivity index (χ0v) is 24.1. The fourth-order valence-corrected chi connectivity index (χ4v) is 6.29. The summed E-state index contributed by atoms with van der Waals surface area (Å²) in [4.78, 5) is 26.3. The number of nitrogens with zero attached hydrogens (tertiary/aromatic N) is 7. The van der Waals surface area contributed by atoms with E-state index in [-0.39, 0.29) is 35.0 Å². The molecule has 2 aromatic heterocycles. The predicted octanol–water partition coefficient (Wildman–Crippen LogP) is 3.93. The molecule has 3 atom stereocenters. The normalized spacial score (nSPS) is 24.9. The highest BCUT2D eigenvalue weighted by molar-refractivity contribution is 5.97. The van der Waals surface area contributed by atoms with E-state index < -0.39 is 11.8 Å². The molecule has 3 aromatic rings. The number of nitrogens with two attached hydrogens (primary N) is 1. The van der Waals surface area contributed by atoms with Gasteiger partial charge in [0.05, 0.1) is 18.0 Å². The van der Waals surface area contributed by atoms with E-state index in [1.54, 1.807) is 39.9 Å². The van der Waals surface area contributed by atoms with E-state index in [4.69, 9.17) is 15.6 Å². The average Bonchev–Trinajstić information content (AvgIpc) is 3.64. The number of carbonyl (C=O) groups is 1. The highest BCUT2D eigenvalue weighted by Gasteiger charge is 2.46. The first-order chi connectivity index (χ1) is 20.9. The van der Waals surface area contributed by atoms with Gasteiger partial charge in [-0.25, -0.2) is 19.0 Å². The molecule has 222 valence electrons. The molecule has 1 aliphatic carbocycles. The van der Waals surface area contributed by atoms with Crippen LogP contribution in [0.4, 0.5) is 10.2 Å². The van der Waals surface area contributed by atoms with E-state index >= 15 is 4.39 Å². The molecule has 43 heavy (non-hydrogen) atoms. The van der Waals surface area contributed by atoms with Crippen LogP contribution in [-0.2, 0) is 16.9 Å². The number of para-hydroxylation sites is 1. The van der Waals surface area contributed by atoms with Crippen LogP contribution in [0.25, 0.3) is 11.0 Å². The third-order valence-electron chi connectivity index (χ3n) is 8.64. The van der Waals surface area contributed by atoms with Crippen molar-refractivity contribution in [2.45, 2.75) is 50.0 Å². The summed E-state index contributed by atoms with van der Waals surface area (Å²) in [6, 6.07) is 10.9. The minimum absolute atomic E-state index is 0.157. The highest BCUT2D eigenvalue weighted by Crippen LogP contribution is 2.41. The van der Waals surface area contributed by atoms with Crippen LogP contribution in [-0.4, -0.2) is 74.4 Å². The Labute approximate surface area is 249 Å². The van der Waals surface area contributed by atoms with Gasteiger partial charge in [-0.1, -0.05) is 36.4 Å². The second-order valence-corrected chi connectivity index (χ2v) is 11.5. The number of halogens is 1. The van der Waals surface area contributed by atoms with Crippen LogP contribution in [0.5, 0.6) is 5.75 Å². The summed E-state index contributed by atoms with van der Waals surface area (Å²) in [5.41, 5.74) is 5.63. The summed E-state index contributed by atoms with van der Waals surface area (Å²) < 4.78 is 24.0. The van der Waals surface area contributed by atoms with Gasteiger partial charge in [0, 0.05) is 6.54 Å². The number of hydrogen-bond donors (Lipinski definition) is 1. The molecule has 10 nitrogen and oxygen atoms in total. The predicted molar refractivity (Wildman–Crippen MR) is 160 cm³/mol. The van der Waals surface area contributed by atoms with Crippen molar-refractivity contribution in [3.05, 3.63) is 78.3 Å². The fraction of sp³-hybridized carbons (Fsp3) is 0.406. The molecule has 3 aliphatic rings. The van der Waals surface area contributed by atoms with Crippen LogP contribution in [0.15, 0.2) is 72.6 Å². The van der Waals surface area contributed by atoms with Crippen LogP contribution < -0.4 is 10.5 Å². The number of benzene rings is 1. The van der Waals surface area contributed by atoms with E-state index in [0.717, 1.165) is 38.8 Å². The molecule has 2 saturated heterocycles. The quantitative estimate of drug-likeness (QED) is 0.328. The second kappa shape index (κ2) is 12.0. The number of hydrogen-bond acceptors (Lipinski definition) is 8. The molecular formula is C32H35FN8O2. The third-order valence-corrected chi connectivity index (χ3v) is 8.64. The van der Waals surface area contributed by atoms with Crippen LogP contribution in [0.3, 0.4) is 0 Å². The number of fused-ring (bicyclic) bond motifs is 1. The van der Waals surface area contributed by atoms with Crippen molar-refractivity contribution in [1.82, 2.24) is 29.5 Å².